The lowest BCUT2D eigenvalue weighted by Crippen LogP contribution is -2.58. The lowest BCUT2D eigenvalue weighted by Gasteiger charge is -2.27. The lowest BCUT2D eigenvalue weighted by molar-refractivity contribution is -0.142. The van der Waals surface area contributed by atoms with Gasteiger partial charge in [-0.3, -0.25) is 19.4 Å². The lowest BCUT2D eigenvalue weighted by atomic mass is 10.00. The van der Waals surface area contributed by atoms with Gasteiger partial charge in [0.25, 0.3) is 0 Å². The molecule has 2 aromatic rings. The normalized spacial score (nSPS) is 13.7. The number of aromatic hydroxyl groups is 2. The van der Waals surface area contributed by atoms with Crippen molar-refractivity contribution in [3.05, 3.63) is 59.7 Å². The van der Waals surface area contributed by atoms with E-state index in [0.29, 0.717) is 17.5 Å². The number of hydrogen-bond acceptors (Lipinski definition) is 8. The first-order chi connectivity index (χ1) is 20.3. The summed E-state index contributed by atoms with van der Waals surface area (Å²) in [5, 5.41) is 36.4. The van der Waals surface area contributed by atoms with Crippen LogP contribution in [-0.4, -0.2) is 75.7 Å². The van der Waals surface area contributed by atoms with E-state index in [1.54, 1.807) is 38.1 Å². The van der Waals surface area contributed by atoms with Crippen molar-refractivity contribution in [1.82, 2.24) is 16.0 Å². The van der Waals surface area contributed by atoms with E-state index in [-0.39, 0.29) is 43.3 Å². The van der Waals surface area contributed by atoms with Crippen molar-refractivity contribution in [2.75, 3.05) is 6.54 Å². The number of rotatable bonds is 16. The molecule has 0 aliphatic heterocycles. The average molecular weight is 600 g/mol. The van der Waals surface area contributed by atoms with Crippen LogP contribution in [0.25, 0.3) is 0 Å². The molecule has 0 aromatic heterocycles. The van der Waals surface area contributed by atoms with Crippen molar-refractivity contribution in [3.63, 3.8) is 0 Å². The van der Waals surface area contributed by atoms with Crippen LogP contribution in [0.4, 0.5) is 0 Å². The topological polar surface area (TPSA) is 255 Å². The molecule has 234 valence electrons. The van der Waals surface area contributed by atoms with Crippen molar-refractivity contribution in [3.8, 4) is 11.5 Å². The van der Waals surface area contributed by atoms with Gasteiger partial charge in [0.05, 0.1) is 6.04 Å². The highest BCUT2D eigenvalue weighted by Gasteiger charge is 2.32. The Bertz CT molecular complexity index is 1260. The molecule has 4 atom stereocenters. The van der Waals surface area contributed by atoms with Gasteiger partial charge in [-0.05, 0) is 60.6 Å². The Morgan fingerprint density at radius 2 is 1.28 bits per heavy atom. The van der Waals surface area contributed by atoms with E-state index in [2.05, 4.69) is 20.9 Å². The highest BCUT2D eigenvalue weighted by atomic mass is 16.4. The monoisotopic (exact) mass is 599 g/mol. The Hall–Kier alpha value is -4.85. The number of benzene rings is 2. The Morgan fingerprint density at radius 1 is 0.767 bits per heavy atom. The molecule has 0 spiro atoms. The Labute approximate surface area is 249 Å². The Morgan fingerprint density at radius 3 is 1.77 bits per heavy atom. The second-order valence-corrected chi connectivity index (χ2v) is 10.5. The number of carbonyl (C=O) groups excluding carboxylic acids is 3. The van der Waals surface area contributed by atoms with Gasteiger partial charge >= 0.3 is 5.97 Å². The molecule has 4 unspecified atom stereocenters. The van der Waals surface area contributed by atoms with Gasteiger partial charge in [-0.25, -0.2) is 4.79 Å². The summed E-state index contributed by atoms with van der Waals surface area (Å²) in [6, 6.07) is 7.54. The zero-order chi connectivity index (χ0) is 32.1. The highest BCUT2D eigenvalue weighted by molar-refractivity contribution is 5.94. The number of aliphatic carboxylic acids is 1. The largest absolute Gasteiger partial charge is 0.508 e. The SMILES string of the molecule is CC(C)C(NC(=O)C(CCCN=C(N)N)NC(=O)C(N)Cc1ccc(O)cc1)C(=O)NC(Cc1ccc(O)cc1)C(=O)O. The smallest absolute Gasteiger partial charge is 0.326 e. The number of nitrogens with two attached hydrogens (primary N) is 3. The minimum absolute atomic E-state index is 0.0171. The van der Waals surface area contributed by atoms with E-state index in [9.17, 15) is 34.5 Å². The predicted octanol–water partition coefficient (Wildman–Crippen LogP) is -0.541. The summed E-state index contributed by atoms with van der Waals surface area (Å²) in [5.74, 6) is -3.76. The minimum atomic E-state index is -1.30. The predicted molar refractivity (Wildman–Crippen MR) is 160 cm³/mol. The maximum absolute atomic E-state index is 13.4. The van der Waals surface area contributed by atoms with Crippen LogP contribution in [0, 0.1) is 5.92 Å². The Balaban J connectivity index is 2.14. The second-order valence-electron chi connectivity index (χ2n) is 10.5. The summed E-state index contributed by atoms with van der Waals surface area (Å²) in [7, 11) is 0. The van der Waals surface area contributed by atoms with E-state index in [4.69, 9.17) is 17.2 Å². The molecule has 2 aromatic carbocycles. The van der Waals surface area contributed by atoms with Crippen molar-refractivity contribution in [1.29, 1.82) is 0 Å². The van der Waals surface area contributed by atoms with Crippen LogP contribution in [-0.2, 0) is 32.0 Å². The first-order valence-corrected chi connectivity index (χ1v) is 13.8. The van der Waals surface area contributed by atoms with Crippen LogP contribution in [0.3, 0.4) is 0 Å². The van der Waals surface area contributed by atoms with Gasteiger partial charge in [0.2, 0.25) is 17.7 Å². The number of carboxylic acid groups (broad SMARTS) is 1. The Kier molecular flexibility index (Phi) is 13.2. The van der Waals surface area contributed by atoms with Crippen LogP contribution >= 0.6 is 0 Å². The molecule has 0 aliphatic carbocycles. The molecule has 0 saturated carbocycles. The van der Waals surface area contributed by atoms with Crippen LogP contribution in [0.1, 0.15) is 37.8 Å². The fraction of sp³-hybridized carbons (Fsp3) is 0.414. The standard InChI is InChI=1S/C29H41N7O7/c1-16(2)24(27(41)35-23(28(42)43)15-18-7-11-20(38)12-8-18)36-26(40)22(4-3-13-33-29(31)32)34-25(39)21(30)14-17-5-9-19(37)10-6-17/h5-12,16,21-24,37-38H,3-4,13-15,30H2,1-2H3,(H,34,39)(H,35,41)(H,36,40)(H,42,43)(H4,31,32,33). The average Bonchev–Trinajstić information content (AvgIpc) is 2.94. The third kappa shape index (κ3) is 11.9. The van der Waals surface area contributed by atoms with Gasteiger partial charge < -0.3 is 48.5 Å². The number of aliphatic imine (C=N–C) groups is 1. The third-order valence-electron chi connectivity index (χ3n) is 6.54. The van der Waals surface area contributed by atoms with Crippen molar-refractivity contribution in [2.24, 2.45) is 28.1 Å². The fourth-order valence-electron chi connectivity index (χ4n) is 4.15. The molecule has 2 rings (SSSR count). The third-order valence-corrected chi connectivity index (χ3v) is 6.54. The van der Waals surface area contributed by atoms with Gasteiger partial charge in [-0.2, -0.15) is 0 Å². The minimum Gasteiger partial charge on any atom is -0.508 e. The second kappa shape index (κ2) is 16.6. The van der Waals surface area contributed by atoms with E-state index in [1.165, 1.54) is 24.3 Å². The van der Waals surface area contributed by atoms with Gasteiger partial charge in [0, 0.05) is 13.0 Å². The van der Waals surface area contributed by atoms with Crippen molar-refractivity contribution in [2.45, 2.75) is 63.7 Å². The molecule has 14 nitrogen and oxygen atoms in total. The van der Waals surface area contributed by atoms with Crippen LogP contribution in [0.15, 0.2) is 53.5 Å². The van der Waals surface area contributed by atoms with Crippen LogP contribution in [0.2, 0.25) is 0 Å². The summed E-state index contributed by atoms with van der Waals surface area (Å²) in [4.78, 5) is 55.3. The number of hydrogen-bond donors (Lipinski definition) is 9. The summed E-state index contributed by atoms with van der Waals surface area (Å²) in [5.41, 5.74) is 18.1. The van der Waals surface area contributed by atoms with Gasteiger partial charge in [0.15, 0.2) is 5.96 Å². The number of nitrogens with one attached hydrogen (secondary N) is 3. The number of guanidine groups is 1. The van der Waals surface area contributed by atoms with Crippen LogP contribution < -0.4 is 33.2 Å². The zero-order valence-electron chi connectivity index (χ0n) is 24.2. The summed E-state index contributed by atoms with van der Waals surface area (Å²) in [6.45, 7) is 3.55. The van der Waals surface area contributed by atoms with E-state index >= 15 is 0 Å². The number of amides is 3. The van der Waals surface area contributed by atoms with E-state index in [0.717, 1.165) is 0 Å². The van der Waals surface area contributed by atoms with Crippen molar-refractivity contribution < 1.29 is 34.5 Å². The molecule has 0 bridgehead atoms. The molecule has 0 aliphatic rings. The molecule has 0 heterocycles. The molecule has 3 amide bonds. The van der Waals surface area contributed by atoms with Gasteiger partial charge in [-0.15, -0.1) is 0 Å². The molecule has 0 radical (unpaired) electrons. The first-order valence-electron chi connectivity index (χ1n) is 13.8. The molecular formula is C29H41N7O7. The quantitative estimate of drug-likeness (QED) is 0.0676. The number of phenols is 2. The summed E-state index contributed by atoms with van der Waals surface area (Å²) >= 11 is 0. The maximum atomic E-state index is 13.4. The number of phenolic OH excluding ortho intramolecular Hbond substituents is 2. The number of carbonyl (C=O) groups is 4. The molecule has 12 N–H and O–H groups in total. The number of nitrogens with zero attached hydrogens (tertiary/aromatic N) is 1. The molecule has 14 heteroatoms. The summed E-state index contributed by atoms with van der Waals surface area (Å²) in [6.07, 6.45) is 0.520. The summed E-state index contributed by atoms with van der Waals surface area (Å²) < 4.78 is 0. The highest BCUT2D eigenvalue weighted by Crippen LogP contribution is 2.13. The van der Waals surface area contributed by atoms with E-state index in [1.807, 2.05) is 0 Å². The van der Waals surface area contributed by atoms with Gasteiger partial charge in [0.1, 0.15) is 29.6 Å². The first kappa shape index (κ1) is 34.4. The molecule has 0 fully saturated rings. The molecular weight excluding hydrogens is 558 g/mol. The van der Waals surface area contributed by atoms with Crippen LogP contribution in [0.5, 0.6) is 11.5 Å². The van der Waals surface area contributed by atoms with Crippen molar-refractivity contribution >= 4 is 29.7 Å². The maximum Gasteiger partial charge on any atom is 0.326 e. The fourth-order valence-corrected chi connectivity index (χ4v) is 4.15. The van der Waals surface area contributed by atoms with E-state index < -0.39 is 53.8 Å². The molecule has 0 saturated heterocycles. The van der Waals surface area contributed by atoms with Gasteiger partial charge in [-0.1, -0.05) is 38.1 Å². The number of carboxylic acids is 1. The molecule has 43 heavy (non-hydrogen) atoms. The zero-order valence-corrected chi connectivity index (χ0v) is 24.2.